The molecule has 0 bridgehead atoms. The van der Waals surface area contributed by atoms with Crippen molar-refractivity contribution in [2.45, 2.75) is 50.5 Å². The summed E-state index contributed by atoms with van der Waals surface area (Å²) in [5.74, 6) is -0.0316. The van der Waals surface area contributed by atoms with Crippen molar-refractivity contribution in [2.24, 2.45) is 0 Å². The minimum Gasteiger partial charge on any atom is -0.297 e. The van der Waals surface area contributed by atoms with Crippen LogP contribution in [0.2, 0.25) is 0 Å². The van der Waals surface area contributed by atoms with E-state index in [-0.39, 0.29) is 17.1 Å². The van der Waals surface area contributed by atoms with Gasteiger partial charge in [0, 0.05) is 6.42 Å². The van der Waals surface area contributed by atoms with Gasteiger partial charge in [-0.3, -0.25) is 9.69 Å². The van der Waals surface area contributed by atoms with E-state index in [1.165, 1.54) is 18.9 Å². The van der Waals surface area contributed by atoms with Gasteiger partial charge in [-0.1, -0.05) is 31.7 Å². The molecule has 0 saturated heterocycles. The first-order chi connectivity index (χ1) is 9.95. The van der Waals surface area contributed by atoms with Gasteiger partial charge < -0.3 is 0 Å². The lowest BCUT2D eigenvalue weighted by Gasteiger charge is -2.38. The third-order valence-electron chi connectivity index (χ3n) is 4.65. The Bertz CT molecular complexity index is 508. The zero-order chi connectivity index (χ0) is 15.5. The van der Waals surface area contributed by atoms with Crippen molar-refractivity contribution in [3.63, 3.8) is 0 Å². The molecule has 0 unspecified atom stereocenters. The van der Waals surface area contributed by atoms with Crippen LogP contribution in [0.1, 0.15) is 44.1 Å². The molecule has 1 fully saturated rings. The summed E-state index contributed by atoms with van der Waals surface area (Å²) in [5, 5.41) is 0. The van der Waals surface area contributed by atoms with Crippen molar-refractivity contribution in [3.05, 3.63) is 34.1 Å². The number of halogens is 2. The molecule has 1 saturated carbocycles. The van der Waals surface area contributed by atoms with Crippen LogP contribution in [-0.4, -0.2) is 30.3 Å². The van der Waals surface area contributed by atoms with E-state index in [0.717, 1.165) is 31.2 Å². The summed E-state index contributed by atoms with van der Waals surface area (Å²) in [5.41, 5.74) is 0.524. The van der Waals surface area contributed by atoms with Gasteiger partial charge in [-0.2, -0.15) is 0 Å². The van der Waals surface area contributed by atoms with E-state index in [9.17, 15) is 9.18 Å². The first-order valence-corrected chi connectivity index (χ1v) is 8.40. The van der Waals surface area contributed by atoms with Gasteiger partial charge in [0.25, 0.3) is 0 Å². The number of hydrogen-bond donors (Lipinski definition) is 0. The molecule has 0 atom stereocenters. The number of hydrogen-bond acceptors (Lipinski definition) is 2. The Morgan fingerprint density at radius 1 is 1.24 bits per heavy atom. The molecule has 0 spiro atoms. The maximum absolute atomic E-state index is 13.3. The van der Waals surface area contributed by atoms with Gasteiger partial charge in [0.1, 0.15) is 5.82 Å². The quantitative estimate of drug-likeness (QED) is 0.748. The molecule has 116 valence electrons. The van der Waals surface area contributed by atoms with E-state index in [1.807, 2.05) is 14.1 Å². The van der Waals surface area contributed by atoms with E-state index < -0.39 is 0 Å². The fourth-order valence-corrected chi connectivity index (χ4v) is 3.71. The Hall–Kier alpha value is -0.740. The van der Waals surface area contributed by atoms with E-state index in [4.69, 9.17) is 0 Å². The Morgan fingerprint density at radius 2 is 1.86 bits per heavy atom. The van der Waals surface area contributed by atoms with Crippen molar-refractivity contribution >= 4 is 21.7 Å². The van der Waals surface area contributed by atoms with Crippen LogP contribution in [0, 0.1) is 5.82 Å². The van der Waals surface area contributed by atoms with Gasteiger partial charge >= 0.3 is 0 Å². The molecule has 0 aliphatic heterocycles. The molecule has 21 heavy (non-hydrogen) atoms. The van der Waals surface area contributed by atoms with E-state index in [1.54, 1.807) is 12.1 Å². The van der Waals surface area contributed by atoms with Crippen LogP contribution in [0.4, 0.5) is 4.39 Å². The van der Waals surface area contributed by atoms with Gasteiger partial charge in [-0.05, 0) is 60.6 Å². The van der Waals surface area contributed by atoms with Gasteiger partial charge in [0.15, 0.2) is 5.78 Å². The number of Topliss-reactive ketones (excluding diaryl/α,β-unsaturated/α-hetero) is 1. The van der Waals surface area contributed by atoms with Gasteiger partial charge in [0.2, 0.25) is 0 Å². The second-order valence-electron chi connectivity index (χ2n) is 6.19. The zero-order valence-electron chi connectivity index (χ0n) is 12.8. The Labute approximate surface area is 134 Å². The number of rotatable bonds is 4. The highest BCUT2D eigenvalue weighted by atomic mass is 79.9. The Kier molecular flexibility index (Phi) is 5.55. The van der Waals surface area contributed by atoms with Crippen molar-refractivity contribution < 1.29 is 9.18 Å². The summed E-state index contributed by atoms with van der Waals surface area (Å²) in [4.78, 5) is 15.0. The summed E-state index contributed by atoms with van der Waals surface area (Å²) in [6, 6.07) is 4.84. The van der Waals surface area contributed by atoms with E-state index >= 15 is 0 Å². The summed E-state index contributed by atoms with van der Waals surface area (Å²) in [6.45, 7) is 0. The first-order valence-electron chi connectivity index (χ1n) is 7.60. The minimum atomic E-state index is -0.350. The third-order valence-corrected chi connectivity index (χ3v) is 5.26. The number of ketones is 1. The topological polar surface area (TPSA) is 20.3 Å². The standard InChI is InChI=1S/C17H23BrFNO/c1-20(2)17(9-5-3-4-6-10-17)16(21)12-13-7-8-15(19)14(18)11-13/h7-8,11H,3-6,9-10,12H2,1-2H3. The molecule has 0 aromatic heterocycles. The van der Waals surface area contributed by atoms with Crippen LogP contribution >= 0.6 is 15.9 Å². The van der Waals surface area contributed by atoms with Crippen LogP contribution in [0.5, 0.6) is 0 Å². The van der Waals surface area contributed by atoms with Crippen molar-refractivity contribution in [1.82, 2.24) is 4.90 Å². The average molecular weight is 356 g/mol. The average Bonchev–Trinajstić information content (AvgIpc) is 2.69. The highest BCUT2D eigenvalue weighted by Crippen LogP contribution is 2.33. The van der Waals surface area contributed by atoms with Crippen LogP contribution in [-0.2, 0) is 11.2 Å². The molecule has 0 radical (unpaired) electrons. The molecule has 0 N–H and O–H groups in total. The van der Waals surface area contributed by atoms with Gasteiger partial charge in [0.05, 0.1) is 10.0 Å². The van der Waals surface area contributed by atoms with E-state index in [0.29, 0.717) is 10.9 Å². The molecular weight excluding hydrogens is 333 g/mol. The Balaban J connectivity index is 2.20. The number of carbonyl (C=O) groups is 1. The summed E-state index contributed by atoms with van der Waals surface area (Å²) in [6.07, 6.45) is 6.88. The fourth-order valence-electron chi connectivity index (χ4n) is 3.29. The monoisotopic (exact) mass is 355 g/mol. The lowest BCUT2D eigenvalue weighted by Crippen LogP contribution is -2.51. The molecule has 1 aliphatic carbocycles. The fraction of sp³-hybridized carbons (Fsp3) is 0.588. The van der Waals surface area contributed by atoms with Crippen molar-refractivity contribution in [2.75, 3.05) is 14.1 Å². The van der Waals surface area contributed by atoms with Gasteiger partial charge in [-0.15, -0.1) is 0 Å². The third kappa shape index (κ3) is 3.72. The summed E-state index contributed by atoms with van der Waals surface area (Å²) in [7, 11) is 4.01. The first kappa shape index (κ1) is 16.6. The van der Waals surface area contributed by atoms with Crippen LogP contribution in [0.15, 0.2) is 22.7 Å². The predicted octanol–water partition coefficient (Wildman–Crippen LogP) is 4.35. The molecule has 0 amide bonds. The zero-order valence-corrected chi connectivity index (χ0v) is 14.4. The predicted molar refractivity (Wildman–Crippen MR) is 86.9 cm³/mol. The maximum atomic E-state index is 13.3. The molecule has 1 aliphatic rings. The number of carbonyl (C=O) groups excluding carboxylic acids is 1. The smallest absolute Gasteiger partial charge is 0.157 e. The SMILES string of the molecule is CN(C)C1(C(=O)Cc2ccc(F)c(Br)c2)CCCCCC1. The Morgan fingerprint density at radius 3 is 2.38 bits per heavy atom. The molecule has 2 nitrogen and oxygen atoms in total. The largest absolute Gasteiger partial charge is 0.297 e. The molecule has 1 aromatic carbocycles. The van der Waals surface area contributed by atoms with Crippen LogP contribution in [0.25, 0.3) is 0 Å². The summed E-state index contributed by atoms with van der Waals surface area (Å²) < 4.78 is 13.7. The lowest BCUT2D eigenvalue weighted by atomic mass is 9.82. The lowest BCUT2D eigenvalue weighted by molar-refractivity contribution is -0.130. The van der Waals surface area contributed by atoms with Crippen LogP contribution < -0.4 is 0 Å². The van der Waals surface area contributed by atoms with Crippen molar-refractivity contribution in [3.8, 4) is 0 Å². The number of likely N-dealkylation sites (N-methyl/N-ethyl adjacent to an activating group) is 1. The summed E-state index contributed by atoms with van der Waals surface area (Å²) >= 11 is 3.19. The maximum Gasteiger partial charge on any atom is 0.157 e. The number of nitrogens with zero attached hydrogens (tertiary/aromatic N) is 1. The van der Waals surface area contributed by atoms with E-state index in [2.05, 4.69) is 20.8 Å². The van der Waals surface area contributed by atoms with Gasteiger partial charge in [-0.25, -0.2) is 4.39 Å². The molecule has 0 heterocycles. The normalized spacial score (nSPS) is 18.5. The van der Waals surface area contributed by atoms with Crippen LogP contribution in [0.3, 0.4) is 0 Å². The minimum absolute atomic E-state index is 0.257. The van der Waals surface area contributed by atoms with Crippen molar-refractivity contribution in [1.29, 1.82) is 0 Å². The molecular formula is C17H23BrFNO. The second kappa shape index (κ2) is 7.01. The number of benzene rings is 1. The molecule has 1 aromatic rings. The molecule has 4 heteroatoms. The second-order valence-corrected chi connectivity index (χ2v) is 7.04. The highest BCUT2D eigenvalue weighted by Gasteiger charge is 2.39. The molecule has 2 rings (SSSR count). The highest BCUT2D eigenvalue weighted by molar-refractivity contribution is 9.10.